The summed E-state index contributed by atoms with van der Waals surface area (Å²) < 4.78 is 1.89. The lowest BCUT2D eigenvalue weighted by Crippen LogP contribution is -2.33. The van der Waals surface area contributed by atoms with Crippen LogP contribution in [-0.4, -0.2) is 58.0 Å². The molecule has 0 saturated carbocycles. The fourth-order valence-corrected chi connectivity index (χ4v) is 3.39. The van der Waals surface area contributed by atoms with Gasteiger partial charge in [-0.05, 0) is 72.5 Å². The van der Waals surface area contributed by atoms with Crippen molar-refractivity contribution in [2.45, 2.75) is 65.0 Å². The highest BCUT2D eigenvalue weighted by atomic mass is 16.3. The Kier molecular flexibility index (Phi) is 6.40. The number of unbranched alkanes of at least 4 members (excludes halogenated alkanes) is 1. The van der Waals surface area contributed by atoms with Crippen LogP contribution >= 0.6 is 0 Å². The highest BCUT2D eigenvalue weighted by Gasteiger charge is 2.23. The molecular weight excluding hydrogens is 304 g/mol. The summed E-state index contributed by atoms with van der Waals surface area (Å²) >= 11 is 0. The van der Waals surface area contributed by atoms with E-state index in [0.717, 1.165) is 38.0 Å². The lowest BCUT2D eigenvalue weighted by molar-refractivity contribution is 0.0945. The number of rotatable bonds is 7. The first kappa shape index (κ1) is 18.9. The fraction of sp³-hybridized carbons (Fsp3) is 0.778. The summed E-state index contributed by atoms with van der Waals surface area (Å²) in [6.07, 6.45) is 4.26. The van der Waals surface area contributed by atoms with Crippen molar-refractivity contribution < 1.29 is 9.90 Å². The Labute approximate surface area is 145 Å². The molecule has 0 bridgehead atoms. The number of carbonyl (C=O) groups is 1. The van der Waals surface area contributed by atoms with Gasteiger partial charge in [-0.25, -0.2) is 0 Å². The molecular formula is C18H32N4O2. The first-order valence-corrected chi connectivity index (χ1v) is 9.03. The number of carbonyl (C=O) groups excluding carboxylic acids is 1. The van der Waals surface area contributed by atoms with Crippen LogP contribution in [0.2, 0.25) is 0 Å². The minimum Gasteiger partial charge on any atom is -0.395 e. The third kappa shape index (κ3) is 4.80. The lowest BCUT2D eigenvalue weighted by atomic mass is 10.1. The van der Waals surface area contributed by atoms with Crippen molar-refractivity contribution in [3.05, 3.63) is 17.5 Å². The Morgan fingerprint density at radius 3 is 2.79 bits per heavy atom. The van der Waals surface area contributed by atoms with Crippen LogP contribution in [0, 0.1) is 6.92 Å². The second-order valence-electron chi connectivity index (χ2n) is 7.73. The molecule has 0 radical (unpaired) electrons. The van der Waals surface area contributed by atoms with E-state index in [9.17, 15) is 9.90 Å². The average molecular weight is 336 g/mol. The molecule has 1 fully saturated rings. The predicted molar refractivity (Wildman–Crippen MR) is 95.2 cm³/mol. The van der Waals surface area contributed by atoms with E-state index in [1.807, 2.05) is 17.7 Å². The molecule has 2 N–H and O–H groups in total. The van der Waals surface area contributed by atoms with Gasteiger partial charge in [-0.15, -0.1) is 0 Å². The summed E-state index contributed by atoms with van der Waals surface area (Å²) in [5, 5.41) is 16.7. The molecule has 136 valence electrons. The maximum atomic E-state index is 12.2. The van der Waals surface area contributed by atoms with Crippen molar-refractivity contribution >= 4 is 5.91 Å². The van der Waals surface area contributed by atoms with Crippen LogP contribution < -0.4 is 5.32 Å². The molecule has 2 heterocycles. The zero-order valence-corrected chi connectivity index (χ0v) is 15.5. The quantitative estimate of drug-likeness (QED) is 0.746. The Balaban J connectivity index is 1.72. The summed E-state index contributed by atoms with van der Waals surface area (Å²) in [6.45, 7) is 11.2. The van der Waals surface area contributed by atoms with E-state index in [1.54, 1.807) is 0 Å². The third-order valence-corrected chi connectivity index (χ3v) is 4.62. The molecule has 1 atom stereocenters. The molecule has 0 aliphatic carbocycles. The van der Waals surface area contributed by atoms with E-state index < -0.39 is 0 Å². The number of amides is 1. The summed E-state index contributed by atoms with van der Waals surface area (Å²) in [5.74, 6) is -0.101. The van der Waals surface area contributed by atoms with Crippen molar-refractivity contribution in [2.75, 3.05) is 26.2 Å². The Hall–Kier alpha value is -1.40. The maximum Gasteiger partial charge on any atom is 0.271 e. The van der Waals surface area contributed by atoms with Gasteiger partial charge in [0, 0.05) is 18.3 Å². The molecule has 6 heteroatoms. The molecule has 1 amide bonds. The summed E-state index contributed by atoms with van der Waals surface area (Å²) in [5.41, 5.74) is 1.36. The van der Waals surface area contributed by atoms with Crippen molar-refractivity contribution in [2.24, 2.45) is 0 Å². The van der Waals surface area contributed by atoms with Crippen molar-refractivity contribution in [3.8, 4) is 0 Å². The number of aliphatic hydroxyl groups is 1. The van der Waals surface area contributed by atoms with Crippen LogP contribution in [0.25, 0.3) is 0 Å². The normalized spacial score (nSPS) is 19.0. The van der Waals surface area contributed by atoms with Crippen LogP contribution in [0.5, 0.6) is 0 Å². The van der Waals surface area contributed by atoms with E-state index in [1.165, 1.54) is 6.42 Å². The third-order valence-electron chi connectivity index (χ3n) is 4.62. The Morgan fingerprint density at radius 1 is 1.42 bits per heavy atom. The topological polar surface area (TPSA) is 70.4 Å². The molecule has 0 spiro atoms. The largest absolute Gasteiger partial charge is 0.395 e. The minimum atomic E-state index is -0.123. The van der Waals surface area contributed by atoms with E-state index in [4.69, 9.17) is 0 Å². The van der Waals surface area contributed by atoms with Crippen LogP contribution in [0.3, 0.4) is 0 Å². The maximum absolute atomic E-state index is 12.2. The molecule has 1 aliphatic heterocycles. The number of aryl methyl sites for hydroxylation is 1. The first-order valence-electron chi connectivity index (χ1n) is 9.03. The Morgan fingerprint density at radius 2 is 2.17 bits per heavy atom. The van der Waals surface area contributed by atoms with E-state index >= 15 is 0 Å². The number of likely N-dealkylation sites (tertiary alicyclic amines) is 1. The van der Waals surface area contributed by atoms with Crippen LogP contribution in [-0.2, 0) is 5.54 Å². The second-order valence-corrected chi connectivity index (χ2v) is 7.73. The average Bonchev–Trinajstić information content (AvgIpc) is 3.12. The van der Waals surface area contributed by atoms with Gasteiger partial charge in [-0.2, -0.15) is 5.10 Å². The first-order chi connectivity index (χ1) is 11.3. The number of aromatic nitrogens is 2. The summed E-state index contributed by atoms with van der Waals surface area (Å²) in [4.78, 5) is 14.6. The van der Waals surface area contributed by atoms with E-state index in [-0.39, 0.29) is 18.1 Å². The lowest BCUT2D eigenvalue weighted by Gasteiger charge is -2.22. The number of hydrogen-bond donors (Lipinski definition) is 2. The molecule has 1 aromatic heterocycles. The fourth-order valence-electron chi connectivity index (χ4n) is 3.39. The second kappa shape index (κ2) is 8.12. The molecule has 1 aliphatic rings. The summed E-state index contributed by atoms with van der Waals surface area (Å²) in [6, 6.07) is 2.18. The van der Waals surface area contributed by atoms with E-state index in [0.29, 0.717) is 18.3 Å². The van der Waals surface area contributed by atoms with Gasteiger partial charge in [-0.3, -0.25) is 14.4 Å². The van der Waals surface area contributed by atoms with Gasteiger partial charge in [0.05, 0.1) is 12.1 Å². The smallest absolute Gasteiger partial charge is 0.271 e. The van der Waals surface area contributed by atoms with E-state index in [2.05, 4.69) is 36.1 Å². The molecule has 1 unspecified atom stereocenters. The number of nitrogens with zero attached hydrogens (tertiary/aromatic N) is 3. The summed E-state index contributed by atoms with van der Waals surface area (Å²) in [7, 11) is 0. The molecule has 6 nitrogen and oxygen atoms in total. The van der Waals surface area contributed by atoms with Gasteiger partial charge in [0.15, 0.2) is 0 Å². The standard InChI is InChI=1S/C18H32N4O2/c1-14-12-16(20-22(14)18(2,3)4)17(24)19-9-5-6-10-21-11-7-8-15(21)13-23/h12,15,23H,5-11,13H2,1-4H3,(H,19,24). The van der Waals surface area contributed by atoms with Gasteiger partial charge >= 0.3 is 0 Å². The van der Waals surface area contributed by atoms with Crippen molar-refractivity contribution in [3.63, 3.8) is 0 Å². The number of hydrogen-bond acceptors (Lipinski definition) is 4. The predicted octanol–water partition coefficient (Wildman–Crippen LogP) is 1.91. The highest BCUT2D eigenvalue weighted by molar-refractivity contribution is 5.92. The van der Waals surface area contributed by atoms with Gasteiger partial charge in [0.25, 0.3) is 5.91 Å². The van der Waals surface area contributed by atoms with Crippen molar-refractivity contribution in [1.29, 1.82) is 0 Å². The monoisotopic (exact) mass is 336 g/mol. The zero-order chi connectivity index (χ0) is 17.7. The minimum absolute atomic E-state index is 0.101. The highest BCUT2D eigenvalue weighted by Crippen LogP contribution is 2.17. The SMILES string of the molecule is Cc1cc(C(=O)NCCCCN2CCCC2CO)nn1C(C)(C)C. The molecule has 1 saturated heterocycles. The Bertz CT molecular complexity index is 548. The van der Waals surface area contributed by atoms with Gasteiger partial charge in [0.1, 0.15) is 5.69 Å². The van der Waals surface area contributed by atoms with Gasteiger partial charge < -0.3 is 10.4 Å². The van der Waals surface area contributed by atoms with Crippen LogP contribution in [0.1, 0.15) is 62.6 Å². The van der Waals surface area contributed by atoms with Crippen molar-refractivity contribution in [1.82, 2.24) is 20.0 Å². The van der Waals surface area contributed by atoms with Gasteiger partial charge in [0.2, 0.25) is 0 Å². The molecule has 2 rings (SSSR count). The number of aliphatic hydroxyl groups excluding tert-OH is 1. The molecule has 1 aromatic rings. The van der Waals surface area contributed by atoms with Gasteiger partial charge in [-0.1, -0.05) is 0 Å². The van der Waals surface area contributed by atoms with Crippen LogP contribution in [0.15, 0.2) is 6.07 Å². The molecule has 0 aromatic carbocycles. The zero-order valence-electron chi connectivity index (χ0n) is 15.5. The number of nitrogens with one attached hydrogen (secondary N) is 1. The molecule has 24 heavy (non-hydrogen) atoms. The van der Waals surface area contributed by atoms with Crippen LogP contribution in [0.4, 0.5) is 0 Å².